The smallest absolute Gasteiger partial charge is 0.320 e. The molecule has 0 heterocycles. The van der Waals surface area contributed by atoms with Gasteiger partial charge in [-0.05, 0) is 68.3 Å². The molecule has 2 N–H and O–H groups in total. The van der Waals surface area contributed by atoms with Crippen LogP contribution in [-0.2, 0) is 5.67 Å². The molecule has 1 unspecified atom stereocenters. The third kappa shape index (κ3) is 5.91. The highest BCUT2D eigenvalue weighted by Crippen LogP contribution is 2.59. The van der Waals surface area contributed by atoms with Gasteiger partial charge in [-0.25, -0.2) is 13.2 Å². The van der Waals surface area contributed by atoms with Crippen LogP contribution in [0.2, 0.25) is 0 Å². The van der Waals surface area contributed by atoms with Crippen LogP contribution in [0.5, 0.6) is 0 Å². The molecule has 220 valence electrons. The zero-order chi connectivity index (χ0) is 31.1. The Morgan fingerprint density at radius 3 is 1.68 bits per heavy atom. The Morgan fingerprint density at radius 2 is 1.17 bits per heavy atom. The second-order valence-electron chi connectivity index (χ2n) is 8.10. The quantitative estimate of drug-likeness (QED) is 0.249. The first-order valence-corrected chi connectivity index (χ1v) is 12.2. The molecular formula is C24H11Br2F11N2O2. The first-order valence-electron chi connectivity index (χ1n) is 10.6. The normalized spacial score (nSPS) is 13.9. The Balaban J connectivity index is 1.97. The number of amides is 2. The summed E-state index contributed by atoms with van der Waals surface area (Å²) >= 11 is 5.17. The van der Waals surface area contributed by atoms with E-state index in [9.17, 15) is 53.5 Å². The van der Waals surface area contributed by atoms with Gasteiger partial charge >= 0.3 is 23.9 Å². The molecule has 2 amide bonds. The minimum absolute atomic E-state index is 0.0606. The van der Waals surface area contributed by atoms with Crippen molar-refractivity contribution in [1.29, 1.82) is 0 Å². The van der Waals surface area contributed by atoms with Gasteiger partial charge in [-0.3, -0.25) is 9.59 Å². The van der Waals surface area contributed by atoms with Crippen molar-refractivity contribution in [1.82, 2.24) is 0 Å². The number of rotatable bonds is 6. The molecule has 0 radical (unpaired) electrons. The molecule has 0 fully saturated rings. The van der Waals surface area contributed by atoms with Gasteiger partial charge < -0.3 is 10.6 Å². The molecule has 0 saturated heterocycles. The van der Waals surface area contributed by atoms with E-state index in [2.05, 4.69) is 37.2 Å². The first-order chi connectivity index (χ1) is 18.7. The molecule has 0 bridgehead atoms. The van der Waals surface area contributed by atoms with Crippen LogP contribution in [0.1, 0.15) is 26.3 Å². The molecule has 0 aromatic heterocycles. The Hall–Kier alpha value is -3.21. The maximum absolute atomic E-state index is 15.0. The van der Waals surface area contributed by atoms with E-state index in [4.69, 9.17) is 0 Å². The summed E-state index contributed by atoms with van der Waals surface area (Å²) in [7, 11) is 0. The highest BCUT2D eigenvalue weighted by Gasteiger charge is 2.81. The Morgan fingerprint density at radius 1 is 0.659 bits per heavy atom. The monoisotopic (exact) mass is 726 g/mol. The van der Waals surface area contributed by atoms with E-state index in [1.54, 1.807) is 0 Å². The Kier molecular flexibility index (Phi) is 8.85. The van der Waals surface area contributed by atoms with Gasteiger partial charge in [0.25, 0.3) is 11.8 Å². The third-order valence-electron chi connectivity index (χ3n) is 5.47. The van der Waals surface area contributed by atoms with Gasteiger partial charge in [0.05, 0.1) is 22.5 Å². The summed E-state index contributed by atoms with van der Waals surface area (Å²) in [6.45, 7) is 0. The zero-order valence-electron chi connectivity index (χ0n) is 19.4. The van der Waals surface area contributed by atoms with E-state index in [0.717, 1.165) is 30.3 Å². The van der Waals surface area contributed by atoms with Crippen molar-refractivity contribution in [2.45, 2.75) is 23.9 Å². The Bertz CT molecular complexity index is 1490. The lowest BCUT2D eigenvalue weighted by Crippen LogP contribution is -2.59. The highest BCUT2D eigenvalue weighted by molar-refractivity contribution is 9.11. The van der Waals surface area contributed by atoms with Crippen molar-refractivity contribution >= 4 is 55.0 Å². The molecule has 0 aliphatic heterocycles. The van der Waals surface area contributed by atoms with Gasteiger partial charge in [0.2, 0.25) is 0 Å². The second-order valence-corrected chi connectivity index (χ2v) is 9.81. The SMILES string of the molecule is O=C(Nc1cccc(C(=O)Nc2c(Br)cc(C(F)(C(F)(F)F)C(F)(F)C(F)(F)F)cc2Br)c1F)c1ccccc1F. The van der Waals surface area contributed by atoms with E-state index >= 15 is 4.39 Å². The summed E-state index contributed by atoms with van der Waals surface area (Å²) in [5.41, 5.74) is -10.9. The topological polar surface area (TPSA) is 58.2 Å². The molecule has 3 rings (SSSR count). The van der Waals surface area contributed by atoms with Gasteiger partial charge in [0.15, 0.2) is 5.82 Å². The number of carbonyl (C=O) groups is 2. The number of alkyl halides is 9. The maximum Gasteiger partial charge on any atom is 0.457 e. The Labute approximate surface area is 239 Å². The minimum Gasteiger partial charge on any atom is -0.320 e. The van der Waals surface area contributed by atoms with Gasteiger partial charge in [-0.15, -0.1) is 0 Å². The number of hydrogen-bond donors (Lipinski definition) is 2. The fraction of sp³-hybridized carbons (Fsp3) is 0.167. The van der Waals surface area contributed by atoms with Crippen LogP contribution in [0.25, 0.3) is 0 Å². The lowest BCUT2D eigenvalue weighted by Gasteiger charge is -2.36. The molecule has 0 saturated carbocycles. The van der Waals surface area contributed by atoms with Gasteiger partial charge in [-0.2, -0.15) is 35.1 Å². The fourth-order valence-corrected chi connectivity index (χ4v) is 4.81. The van der Waals surface area contributed by atoms with E-state index in [-0.39, 0.29) is 12.1 Å². The summed E-state index contributed by atoms with van der Waals surface area (Å²) < 4.78 is 148. The molecule has 1 atom stereocenters. The van der Waals surface area contributed by atoms with Crippen LogP contribution >= 0.6 is 31.9 Å². The van der Waals surface area contributed by atoms with E-state index in [1.807, 2.05) is 5.32 Å². The summed E-state index contributed by atoms with van der Waals surface area (Å²) in [6, 6.07) is 7.52. The van der Waals surface area contributed by atoms with E-state index in [0.29, 0.717) is 0 Å². The summed E-state index contributed by atoms with van der Waals surface area (Å²) in [5.74, 6) is -11.7. The summed E-state index contributed by atoms with van der Waals surface area (Å²) in [4.78, 5) is 25.0. The van der Waals surface area contributed by atoms with Crippen molar-refractivity contribution in [3.63, 3.8) is 0 Å². The number of anilines is 2. The van der Waals surface area contributed by atoms with Crippen LogP contribution in [0.4, 0.5) is 59.7 Å². The summed E-state index contributed by atoms with van der Waals surface area (Å²) in [5, 5.41) is 4.03. The zero-order valence-corrected chi connectivity index (χ0v) is 22.6. The maximum atomic E-state index is 15.0. The molecule has 0 aliphatic carbocycles. The predicted molar refractivity (Wildman–Crippen MR) is 130 cm³/mol. The molecule has 3 aromatic carbocycles. The number of hydrogen-bond acceptors (Lipinski definition) is 2. The number of nitrogens with one attached hydrogen (secondary N) is 2. The van der Waals surface area contributed by atoms with Crippen molar-refractivity contribution < 1.29 is 57.9 Å². The highest BCUT2D eigenvalue weighted by atomic mass is 79.9. The number of halogens is 13. The molecule has 41 heavy (non-hydrogen) atoms. The van der Waals surface area contributed by atoms with Crippen LogP contribution in [0, 0.1) is 11.6 Å². The fourth-order valence-electron chi connectivity index (χ4n) is 3.43. The average Bonchev–Trinajstić information content (AvgIpc) is 2.85. The van der Waals surface area contributed by atoms with E-state index in [1.165, 1.54) is 12.1 Å². The van der Waals surface area contributed by atoms with Crippen LogP contribution in [-0.4, -0.2) is 30.1 Å². The standard InChI is InChI=1S/C24H11Br2F11N2O2/c25-13-8-10(21(29,23(32,33)34)22(30,31)24(35,36)37)9-14(26)18(13)39-20(41)12-5-3-7-16(17(12)28)38-19(40)11-4-1-2-6-15(11)27/h1-9H,(H,38,40)(H,39,41). The first kappa shape index (κ1) is 32.3. The largest absolute Gasteiger partial charge is 0.457 e. The van der Waals surface area contributed by atoms with Crippen molar-refractivity contribution in [2.75, 3.05) is 10.6 Å². The molecule has 4 nitrogen and oxygen atoms in total. The second kappa shape index (κ2) is 11.2. The number of carbonyl (C=O) groups excluding carboxylic acids is 2. The minimum atomic E-state index is -6.95. The van der Waals surface area contributed by atoms with Crippen molar-refractivity contribution in [3.05, 3.63) is 91.9 Å². The van der Waals surface area contributed by atoms with Crippen LogP contribution < -0.4 is 10.6 Å². The lowest BCUT2D eigenvalue weighted by atomic mass is 9.87. The van der Waals surface area contributed by atoms with Gasteiger partial charge in [-0.1, -0.05) is 18.2 Å². The third-order valence-corrected chi connectivity index (χ3v) is 6.72. The molecule has 17 heteroatoms. The molecule has 3 aromatic rings. The summed E-state index contributed by atoms with van der Waals surface area (Å²) in [6.07, 6.45) is -13.7. The lowest BCUT2D eigenvalue weighted by molar-refractivity contribution is -0.389. The molecule has 0 aliphatic rings. The number of benzene rings is 3. The molecule has 0 spiro atoms. The van der Waals surface area contributed by atoms with Crippen LogP contribution in [0.3, 0.4) is 0 Å². The van der Waals surface area contributed by atoms with Crippen molar-refractivity contribution in [2.24, 2.45) is 0 Å². The van der Waals surface area contributed by atoms with E-state index < -0.39 is 84.4 Å². The van der Waals surface area contributed by atoms with Gasteiger partial charge in [0.1, 0.15) is 5.82 Å². The van der Waals surface area contributed by atoms with Gasteiger partial charge in [0, 0.05) is 14.5 Å². The average molecular weight is 728 g/mol. The molecular weight excluding hydrogens is 717 g/mol. The van der Waals surface area contributed by atoms with Crippen LogP contribution in [0.15, 0.2) is 63.5 Å². The predicted octanol–water partition coefficient (Wildman–Crippen LogP) is 8.92. The van der Waals surface area contributed by atoms with Crippen molar-refractivity contribution in [3.8, 4) is 0 Å².